The number of hydrogen-bond acceptors (Lipinski definition) is 3. The van der Waals surface area contributed by atoms with Crippen LogP contribution in [-0.4, -0.2) is 25.6 Å². The Balaban J connectivity index is 0.00000208. The zero-order valence-electron chi connectivity index (χ0n) is 13.9. The lowest BCUT2D eigenvalue weighted by molar-refractivity contribution is -0.122. The smallest absolute Gasteiger partial charge is 0.220 e. The summed E-state index contributed by atoms with van der Waals surface area (Å²) in [5.41, 5.74) is 0.762. The Morgan fingerprint density at radius 3 is 2.88 bits per heavy atom. The van der Waals surface area contributed by atoms with Gasteiger partial charge in [0.15, 0.2) is 0 Å². The predicted octanol–water partition coefficient (Wildman–Crippen LogP) is 3.36. The molecule has 0 saturated carbocycles. The molecule has 1 fully saturated rings. The highest BCUT2D eigenvalue weighted by Crippen LogP contribution is 2.32. The minimum absolute atomic E-state index is 0. The van der Waals surface area contributed by atoms with E-state index in [1.807, 2.05) is 0 Å². The van der Waals surface area contributed by atoms with E-state index in [9.17, 15) is 9.18 Å². The Bertz CT molecular complexity index is 550. The maximum atomic E-state index is 13.6. The first kappa shape index (κ1) is 19.0. The van der Waals surface area contributed by atoms with Crippen LogP contribution in [0.1, 0.15) is 50.1 Å². The molecule has 2 aliphatic heterocycles. The van der Waals surface area contributed by atoms with Gasteiger partial charge in [-0.3, -0.25) is 4.79 Å². The van der Waals surface area contributed by atoms with Gasteiger partial charge in [0.1, 0.15) is 11.6 Å². The van der Waals surface area contributed by atoms with Crippen molar-refractivity contribution >= 4 is 18.3 Å². The summed E-state index contributed by atoms with van der Waals surface area (Å²) in [6.07, 6.45) is 5.43. The molecule has 2 heterocycles. The molecule has 0 aromatic heterocycles. The number of nitrogens with one attached hydrogen (secondary N) is 2. The molecule has 0 bridgehead atoms. The summed E-state index contributed by atoms with van der Waals surface area (Å²) in [6, 6.07) is 4.40. The molecule has 24 heavy (non-hydrogen) atoms. The summed E-state index contributed by atoms with van der Waals surface area (Å²) in [4.78, 5) is 12.3. The summed E-state index contributed by atoms with van der Waals surface area (Å²) >= 11 is 0. The van der Waals surface area contributed by atoms with E-state index in [0.717, 1.165) is 50.8 Å². The van der Waals surface area contributed by atoms with Crippen molar-refractivity contribution in [3.63, 3.8) is 0 Å². The third-order valence-corrected chi connectivity index (χ3v) is 4.82. The topological polar surface area (TPSA) is 50.4 Å². The number of fused-ring (bicyclic) bond motifs is 1. The first-order chi connectivity index (χ1) is 11.2. The van der Waals surface area contributed by atoms with Gasteiger partial charge in [0.25, 0.3) is 0 Å². The number of hydrogen-bond donors (Lipinski definition) is 2. The number of carbonyl (C=O) groups is 1. The normalized spacial score (nSPS) is 21.0. The number of rotatable bonds is 4. The van der Waals surface area contributed by atoms with E-state index < -0.39 is 0 Å². The highest BCUT2D eigenvalue weighted by molar-refractivity contribution is 5.85. The number of amides is 1. The van der Waals surface area contributed by atoms with Crippen LogP contribution >= 0.6 is 12.4 Å². The summed E-state index contributed by atoms with van der Waals surface area (Å²) in [5.74, 6) is 1.10. The van der Waals surface area contributed by atoms with E-state index in [2.05, 4.69) is 10.6 Å². The Labute approximate surface area is 148 Å². The Hall–Kier alpha value is -1.33. The van der Waals surface area contributed by atoms with Gasteiger partial charge in [-0.15, -0.1) is 12.4 Å². The molecule has 0 spiro atoms. The van der Waals surface area contributed by atoms with Crippen molar-refractivity contribution in [3.05, 3.63) is 29.6 Å². The summed E-state index contributed by atoms with van der Waals surface area (Å²) in [6.45, 7) is 2.72. The van der Waals surface area contributed by atoms with Crippen LogP contribution < -0.4 is 15.4 Å². The zero-order valence-corrected chi connectivity index (χ0v) is 14.7. The fourth-order valence-electron chi connectivity index (χ4n) is 3.47. The average Bonchev–Trinajstić information content (AvgIpc) is 2.76. The highest BCUT2D eigenvalue weighted by Gasteiger charge is 2.22. The molecule has 3 rings (SSSR count). The van der Waals surface area contributed by atoms with Gasteiger partial charge in [0.05, 0.1) is 12.6 Å². The third-order valence-electron chi connectivity index (χ3n) is 4.82. The van der Waals surface area contributed by atoms with Crippen LogP contribution in [0, 0.1) is 11.7 Å². The minimum atomic E-state index is -0.289. The van der Waals surface area contributed by atoms with Crippen molar-refractivity contribution < 1.29 is 13.9 Å². The molecule has 1 amide bonds. The van der Waals surface area contributed by atoms with Crippen LogP contribution in [0.25, 0.3) is 0 Å². The van der Waals surface area contributed by atoms with Crippen LogP contribution in [0.15, 0.2) is 18.2 Å². The summed E-state index contributed by atoms with van der Waals surface area (Å²) < 4.78 is 19.2. The molecule has 0 aliphatic carbocycles. The van der Waals surface area contributed by atoms with Crippen molar-refractivity contribution in [2.24, 2.45) is 5.92 Å². The lowest BCUT2D eigenvalue weighted by Crippen LogP contribution is -2.31. The number of ether oxygens (including phenoxy) is 1. The molecular formula is C18H26ClFN2O2. The van der Waals surface area contributed by atoms with E-state index in [1.54, 1.807) is 6.07 Å². The molecule has 134 valence electrons. The standard InChI is InChI=1S/C18H25FN2O2.ClH/c19-14-4-5-17-15(12-14)16(2-1-11-23-17)21-18(22)6-3-13-7-9-20-10-8-13;/h4-5,12-13,16,20H,1-3,6-11H2,(H,21,22);1H. The van der Waals surface area contributed by atoms with Crippen LogP contribution in [-0.2, 0) is 4.79 Å². The fourth-order valence-corrected chi connectivity index (χ4v) is 3.47. The highest BCUT2D eigenvalue weighted by atomic mass is 35.5. The zero-order chi connectivity index (χ0) is 16.1. The molecular weight excluding hydrogens is 331 g/mol. The Morgan fingerprint density at radius 2 is 2.08 bits per heavy atom. The second-order valence-electron chi connectivity index (χ2n) is 6.52. The van der Waals surface area contributed by atoms with Crippen LogP contribution in [0.4, 0.5) is 4.39 Å². The molecule has 1 aromatic carbocycles. The quantitative estimate of drug-likeness (QED) is 0.869. The molecule has 4 nitrogen and oxygen atoms in total. The molecule has 1 atom stereocenters. The van der Waals surface area contributed by atoms with Gasteiger partial charge in [-0.1, -0.05) is 0 Å². The van der Waals surface area contributed by atoms with E-state index in [-0.39, 0.29) is 30.2 Å². The summed E-state index contributed by atoms with van der Waals surface area (Å²) in [7, 11) is 0. The van der Waals surface area contributed by atoms with Crippen molar-refractivity contribution in [1.29, 1.82) is 0 Å². The summed E-state index contributed by atoms with van der Waals surface area (Å²) in [5, 5.41) is 6.42. The monoisotopic (exact) mass is 356 g/mol. The van der Waals surface area contributed by atoms with E-state index in [0.29, 0.717) is 24.7 Å². The molecule has 2 aliphatic rings. The first-order valence-electron chi connectivity index (χ1n) is 8.64. The Kier molecular flexibility index (Phi) is 7.31. The first-order valence-corrected chi connectivity index (χ1v) is 8.64. The molecule has 0 radical (unpaired) electrons. The van der Waals surface area contributed by atoms with Crippen molar-refractivity contribution in [3.8, 4) is 5.75 Å². The van der Waals surface area contributed by atoms with Crippen molar-refractivity contribution in [2.75, 3.05) is 19.7 Å². The van der Waals surface area contributed by atoms with Crippen LogP contribution in [0.2, 0.25) is 0 Å². The average molecular weight is 357 g/mol. The van der Waals surface area contributed by atoms with Gasteiger partial charge in [-0.25, -0.2) is 4.39 Å². The predicted molar refractivity (Wildman–Crippen MR) is 94.1 cm³/mol. The maximum absolute atomic E-state index is 13.6. The van der Waals surface area contributed by atoms with Gasteiger partial charge in [0, 0.05) is 12.0 Å². The Morgan fingerprint density at radius 1 is 1.29 bits per heavy atom. The molecule has 1 saturated heterocycles. The largest absolute Gasteiger partial charge is 0.493 e. The number of benzene rings is 1. The number of piperidine rings is 1. The van der Waals surface area contributed by atoms with E-state index in [4.69, 9.17) is 4.74 Å². The third kappa shape index (κ3) is 5.08. The SMILES string of the molecule is Cl.O=C(CCC1CCNCC1)NC1CCCOc2ccc(F)cc21. The fraction of sp³-hybridized carbons (Fsp3) is 0.611. The van der Waals surface area contributed by atoms with E-state index in [1.165, 1.54) is 12.1 Å². The van der Waals surface area contributed by atoms with Gasteiger partial charge < -0.3 is 15.4 Å². The second kappa shape index (κ2) is 9.23. The maximum Gasteiger partial charge on any atom is 0.220 e. The van der Waals surface area contributed by atoms with Gasteiger partial charge in [-0.05, 0) is 69.3 Å². The lowest BCUT2D eigenvalue weighted by atomic mass is 9.93. The van der Waals surface area contributed by atoms with Gasteiger partial charge >= 0.3 is 0 Å². The molecule has 1 unspecified atom stereocenters. The van der Waals surface area contributed by atoms with Crippen LogP contribution in [0.3, 0.4) is 0 Å². The lowest BCUT2D eigenvalue weighted by Gasteiger charge is -2.23. The number of halogens is 2. The van der Waals surface area contributed by atoms with Crippen molar-refractivity contribution in [2.45, 2.75) is 44.6 Å². The van der Waals surface area contributed by atoms with Gasteiger partial charge in [-0.2, -0.15) is 0 Å². The molecule has 6 heteroatoms. The van der Waals surface area contributed by atoms with Crippen LogP contribution in [0.5, 0.6) is 5.75 Å². The van der Waals surface area contributed by atoms with Gasteiger partial charge in [0.2, 0.25) is 5.91 Å². The molecule has 1 aromatic rings. The minimum Gasteiger partial charge on any atom is -0.493 e. The number of carbonyl (C=O) groups excluding carboxylic acids is 1. The second-order valence-corrected chi connectivity index (χ2v) is 6.52. The molecule has 2 N–H and O–H groups in total. The van der Waals surface area contributed by atoms with Crippen molar-refractivity contribution in [1.82, 2.24) is 10.6 Å². The van der Waals surface area contributed by atoms with E-state index >= 15 is 0 Å².